The lowest BCUT2D eigenvalue weighted by Gasteiger charge is -2.10. The Hall–Kier alpha value is -0.940. The van der Waals surface area contributed by atoms with Gasteiger partial charge in [0, 0.05) is 23.1 Å². The summed E-state index contributed by atoms with van der Waals surface area (Å²) in [5.74, 6) is 0.646. The van der Waals surface area contributed by atoms with Gasteiger partial charge in [-0.25, -0.2) is 4.98 Å². The minimum Gasteiger partial charge on any atom is -0.313 e. The fourth-order valence-corrected chi connectivity index (χ4v) is 2.17. The van der Waals surface area contributed by atoms with Crippen LogP contribution in [0.4, 0.5) is 5.82 Å². The van der Waals surface area contributed by atoms with Gasteiger partial charge in [-0.2, -0.15) is 0 Å². The van der Waals surface area contributed by atoms with Crippen LogP contribution in [0.5, 0.6) is 0 Å². The number of carbonyl (C=O) groups is 1. The molecular weight excluding hydrogens is 282 g/mol. The summed E-state index contributed by atoms with van der Waals surface area (Å²) in [6, 6.07) is 2.19. The van der Waals surface area contributed by atoms with Gasteiger partial charge in [0.2, 0.25) is 5.91 Å². The standard InChI is InChI=1S/C12H16BrN3O/c1-8-5-11(15-7-10(8)13)16-12(17)6-9-3-2-4-14-9/h5,7,9,14H,2-4,6H2,1H3,(H,15,16,17). The summed E-state index contributed by atoms with van der Waals surface area (Å²) in [6.45, 7) is 2.99. The van der Waals surface area contributed by atoms with Gasteiger partial charge in [0.25, 0.3) is 0 Å². The summed E-state index contributed by atoms with van der Waals surface area (Å²) in [6.07, 6.45) is 4.48. The van der Waals surface area contributed by atoms with Crippen molar-refractivity contribution in [1.29, 1.82) is 0 Å². The number of aryl methyl sites for hydroxylation is 1. The number of pyridine rings is 1. The van der Waals surface area contributed by atoms with E-state index in [-0.39, 0.29) is 5.91 Å². The number of amides is 1. The van der Waals surface area contributed by atoms with Crippen LogP contribution in [0.2, 0.25) is 0 Å². The van der Waals surface area contributed by atoms with E-state index < -0.39 is 0 Å². The molecule has 2 N–H and O–H groups in total. The summed E-state index contributed by atoms with van der Waals surface area (Å²) in [5.41, 5.74) is 1.06. The van der Waals surface area contributed by atoms with Crippen LogP contribution in [0.1, 0.15) is 24.8 Å². The second-order valence-electron chi connectivity index (χ2n) is 4.36. The number of nitrogens with zero attached hydrogens (tertiary/aromatic N) is 1. The Morgan fingerprint density at radius 2 is 2.53 bits per heavy atom. The maximum Gasteiger partial charge on any atom is 0.227 e. The Morgan fingerprint density at radius 1 is 1.71 bits per heavy atom. The molecule has 1 saturated heterocycles. The zero-order chi connectivity index (χ0) is 12.3. The van der Waals surface area contributed by atoms with Crippen molar-refractivity contribution in [3.05, 3.63) is 22.3 Å². The van der Waals surface area contributed by atoms with Crippen LogP contribution >= 0.6 is 15.9 Å². The quantitative estimate of drug-likeness (QED) is 0.900. The normalized spacial score (nSPS) is 19.3. The van der Waals surface area contributed by atoms with Crippen molar-refractivity contribution in [2.45, 2.75) is 32.2 Å². The van der Waals surface area contributed by atoms with E-state index in [0.717, 1.165) is 29.4 Å². The minimum atomic E-state index is 0.0265. The predicted octanol–water partition coefficient (Wildman–Crippen LogP) is 2.23. The van der Waals surface area contributed by atoms with E-state index in [0.29, 0.717) is 18.3 Å². The van der Waals surface area contributed by atoms with Crippen molar-refractivity contribution < 1.29 is 4.79 Å². The Bertz CT molecular complexity index is 416. The van der Waals surface area contributed by atoms with Gasteiger partial charge in [0.15, 0.2) is 0 Å². The molecule has 1 aliphatic heterocycles. The molecule has 92 valence electrons. The zero-order valence-electron chi connectivity index (χ0n) is 9.79. The number of hydrogen-bond donors (Lipinski definition) is 2. The first-order valence-electron chi connectivity index (χ1n) is 5.80. The van der Waals surface area contributed by atoms with Crippen LogP contribution in [0.15, 0.2) is 16.7 Å². The van der Waals surface area contributed by atoms with Gasteiger partial charge in [0.1, 0.15) is 5.82 Å². The molecule has 17 heavy (non-hydrogen) atoms. The fourth-order valence-electron chi connectivity index (χ4n) is 1.96. The fraction of sp³-hybridized carbons (Fsp3) is 0.500. The molecule has 1 atom stereocenters. The molecule has 1 unspecified atom stereocenters. The molecule has 0 radical (unpaired) electrons. The number of carbonyl (C=O) groups excluding carboxylic acids is 1. The van der Waals surface area contributed by atoms with Gasteiger partial charge < -0.3 is 10.6 Å². The van der Waals surface area contributed by atoms with Gasteiger partial charge in [-0.05, 0) is 53.9 Å². The number of anilines is 1. The van der Waals surface area contributed by atoms with E-state index in [1.54, 1.807) is 6.20 Å². The van der Waals surface area contributed by atoms with Crippen LogP contribution in [-0.2, 0) is 4.79 Å². The van der Waals surface area contributed by atoms with E-state index in [1.165, 1.54) is 0 Å². The molecule has 1 aromatic rings. The summed E-state index contributed by atoms with van der Waals surface area (Å²) in [4.78, 5) is 15.9. The molecule has 0 aromatic carbocycles. The molecule has 1 aliphatic rings. The molecule has 1 amide bonds. The van der Waals surface area contributed by atoms with Gasteiger partial charge in [-0.15, -0.1) is 0 Å². The molecule has 0 spiro atoms. The highest BCUT2D eigenvalue weighted by Crippen LogP contribution is 2.17. The van der Waals surface area contributed by atoms with Gasteiger partial charge in [-0.3, -0.25) is 4.79 Å². The highest BCUT2D eigenvalue weighted by molar-refractivity contribution is 9.10. The lowest BCUT2D eigenvalue weighted by Crippen LogP contribution is -2.27. The summed E-state index contributed by atoms with van der Waals surface area (Å²) in [5, 5.41) is 6.13. The molecule has 1 fully saturated rings. The average molecular weight is 298 g/mol. The summed E-state index contributed by atoms with van der Waals surface area (Å²) < 4.78 is 0.952. The molecule has 5 heteroatoms. The van der Waals surface area contributed by atoms with Crippen LogP contribution < -0.4 is 10.6 Å². The smallest absolute Gasteiger partial charge is 0.227 e. The molecule has 1 aromatic heterocycles. The third kappa shape index (κ3) is 3.51. The maximum atomic E-state index is 11.8. The van der Waals surface area contributed by atoms with Crippen LogP contribution in [0.25, 0.3) is 0 Å². The first-order valence-corrected chi connectivity index (χ1v) is 6.60. The van der Waals surface area contributed by atoms with Gasteiger partial charge >= 0.3 is 0 Å². The lowest BCUT2D eigenvalue weighted by atomic mass is 10.1. The van der Waals surface area contributed by atoms with Crippen LogP contribution in [-0.4, -0.2) is 23.5 Å². The van der Waals surface area contributed by atoms with Crippen LogP contribution in [0, 0.1) is 6.92 Å². The Kier molecular flexibility index (Phi) is 4.12. The third-order valence-electron chi connectivity index (χ3n) is 2.91. The molecule has 0 aliphatic carbocycles. The second kappa shape index (κ2) is 5.60. The van der Waals surface area contributed by atoms with E-state index in [1.807, 2.05) is 13.0 Å². The van der Waals surface area contributed by atoms with Crippen molar-refractivity contribution in [3.8, 4) is 0 Å². The zero-order valence-corrected chi connectivity index (χ0v) is 11.4. The molecular formula is C12H16BrN3O. The molecule has 2 rings (SSSR count). The topological polar surface area (TPSA) is 54.0 Å². The molecule has 2 heterocycles. The predicted molar refractivity (Wildman–Crippen MR) is 70.9 cm³/mol. The molecule has 4 nitrogen and oxygen atoms in total. The van der Waals surface area contributed by atoms with Gasteiger partial charge in [0.05, 0.1) is 0 Å². The number of halogens is 1. The Labute approximate surface area is 109 Å². The Morgan fingerprint density at radius 3 is 3.18 bits per heavy atom. The molecule has 0 saturated carbocycles. The van der Waals surface area contributed by atoms with Gasteiger partial charge in [-0.1, -0.05) is 0 Å². The van der Waals surface area contributed by atoms with Crippen molar-refractivity contribution in [2.24, 2.45) is 0 Å². The van der Waals surface area contributed by atoms with E-state index >= 15 is 0 Å². The highest BCUT2D eigenvalue weighted by Gasteiger charge is 2.17. The maximum absolute atomic E-state index is 11.8. The minimum absolute atomic E-state index is 0.0265. The van der Waals surface area contributed by atoms with E-state index in [9.17, 15) is 4.79 Å². The largest absolute Gasteiger partial charge is 0.313 e. The average Bonchev–Trinajstić information content (AvgIpc) is 2.76. The van der Waals surface area contributed by atoms with Crippen LogP contribution in [0.3, 0.4) is 0 Å². The van der Waals surface area contributed by atoms with Crippen molar-refractivity contribution in [2.75, 3.05) is 11.9 Å². The first-order chi connectivity index (χ1) is 8.15. The lowest BCUT2D eigenvalue weighted by molar-refractivity contribution is -0.116. The monoisotopic (exact) mass is 297 g/mol. The van der Waals surface area contributed by atoms with E-state index in [2.05, 4.69) is 31.5 Å². The van der Waals surface area contributed by atoms with E-state index in [4.69, 9.17) is 0 Å². The highest BCUT2D eigenvalue weighted by atomic mass is 79.9. The van der Waals surface area contributed by atoms with Crippen molar-refractivity contribution in [1.82, 2.24) is 10.3 Å². The number of nitrogens with one attached hydrogen (secondary N) is 2. The Balaban J connectivity index is 1.90. The SMILES string of the molecule is Cc1cc(NC(=O)CC2CCCN2)ncc1Br. The number of hydrogen-bond acceptors (Lipinski definition) is 3. The van der Waals surface area contributed by atoms with Crippen molar-refractivity contribution >= 4 is 27.7 Å². The summed E-state index contributed by atoms with van der Waals surface area (Å²) in [7, 11) is 0. The number of aromatic nitrogens is 1. The number of rotatable bonds is 3. The first kappa shape index (κ1) is 12.5. The summed E-state index contributed by atoms with van der Waals surface area (Å²) >= 11 is 3.38. The molecule has 0 bridgehead atoms. The second-order valence-corrected chi connectivity index (χ2v) is 5.22. The van der Waals surface area contributed by atoms with Crippen molar-refractivity contribution in [3.63, 3.8) is 0 Å². The third-order valence-corrected chi connectivity index (χ3v) is 3.74.